The van der Waals surface area contributed by atoms with Gasteiger partial charge in [0.2, 0.25) is 0 Å². The molecule has 0 amide bonds. The fourth-order valence-electron chi connectivity index (χ4n) is 0.253. The summed E-state index contributed by atoms with van der Waals surface area (Å²) in [6, 6.07) is 1.78. The summed E-state index contributed by atoms with van der Waals surface area (Å²) in [6.45, 7) is 0. The molecule has 1 aromatic heterocycles. The van der Waals surface area contributed by atoms with E-state index in [1.165, 1.54) is 6.33 Å². The Kier molecular flexibility index (Phi) is 26.4. The van der Waals surface area contributed by atoms with Crippen LogP contribution in [-0.2, 0) is 0 Å². The molecular formula is C4H7BCaN2O3. The third-order valence-electron chi connectivity index (χ3n) is 0.478. The molecule has 1 aromatic rings. The summed E-state index contributed by atoms with van der Waals surface area (Å²) in [4.78, 5) is 7.35. The molecule has 2 N–H and O–H groups in total. The van der Waals surface area contributed by atoms with Crippen molar-refractivity contribution in [3.8, 4) is 0 Å². The third-order valence-corrected chi connectivity index (χ3v) is 0.478. The van der Waals surface area contributed by atoms with Crippen molar-refractivity contribution in [1.29, 1.82) is 0 Å². The normalized spacial score (nSPS) is 5.64. The van der Waals surface area contributed by atoms with Crippen LogP contribution in [0.2, 0.25) is 0 Å². The van der Waals surface area contributed by atoms with E-state index in [0.717, 1.165) is 0 Å². The van der Waals surface area contributed by atoms with Gasteiger partial charge in [-0.1, -0.05) is 0 Å². The van der Waals surface area contributed by atoms with Gasteiger partial charge in [0, 0.05) is 12.4 Å². The molecule has 0 fully saturated rings. The van der Waals surface area contributed by atoms with Crippen LogP contribution in [0.5, 0.6) is 0 Å². The molecule has 0 aliphatic carbocycles. The van der Waals surface area contributed by atoms with E-state index >= 15 is 0 Å². The quantitative estimate of drug-likeness (QED) is 0.384. The fourth-order valence-corrected chi connectivity index (χ4v) is 0.253. The van der Waals surface area contributed by atoms with Gasteiger partial charge in [0.05, 0.1) is 0 Å². The predicted molar refractivity (Wildman–Crippen MR) is 38.5 cm³/mol. The molecule has 0 aliphatic rings. The first-order chi connectivity index (χ1) is 4.41. The van der Waals surface area contributed by atoms with Gasteiger partial charge in [-0.3, -0.25) is 0 Å². The van der Waals surface area contributed by atoms with Crippen LogP contribution in [0, 0.1) is 0 Å². The zero-order valence-electron chi connectivity index (χ0n) is 5.93. The second-order valence-corrected chi connectivity index (χ2v) is 1.02. The monoisotopic (exact) mass is 182 g/mol. The van der Waals surface area contributed by atoms with E-state index in [4.69, 9.17) is 10.0 Å². The topological polar surface area (TPSA) is 103 Å². The summed E-state index contributed by atoms with van der Waals surface area (Å²) < 4.78 is 0. The van der Waals surface area contributed by atoms with Crippen molar-refractivity contribution in [1.82, 2.24) is 9.97 Å². The van der Waals surface area contributed by atoms with Gasteiger partial charge in [0.25, 0.3) is 0 Å². The van der Waals surface area contributed by atoms with Gasteiger partial charge in [0.1, 0.15) is 6.33 Å². The standard InChI is InChI=1S/C4H4N2.BHO2.Ca.H2O/c1-2-5-4-6-3-1;2-1-3;;/h1-4H;1H;;1H2/q;-2;+2;. The summed E-state index contributed by atoms with van der Waals surface area (Å²) >= 11 is 0. The maximum Gasteiger partial charge on any atom is 2.00 e. The van der Waals surface area contributed by atoms with E-state index in [0.29, 0.717) is 0 Å². The molecule has 7 heteroatoms. The average molecular weight is 182 g/mol. The Hall–Kier alpha value is 0.285. The van der Waals surface area contributed by atoms with Crippen LogP contribution in [-0.4, -0.2) is 60.9 Å². The number of hydrogen-bond acceptors (Lipinski definition) is 4. The maximum absolute atomic E-state index is 8.38. The summed E-state index contributed by atoms with van der Waals surface area (Å²) in [7, 11) is -1.25. The third kappa shape index (κ3) is 17.9. The Labute approximate surface area is 95.1 Å². The van der Waals surface area contributed by atoms with Gasteiger partial charge in [-0.25, -0.2) is 9.97 Å². The van der Waals surface area contributed by atoms with Crippen LogP contribution < -0.4 is 10.0 Å². The largest absolute Gasteiger partial charge is 2.00 e. The molecule has 0 atom stereocenters. The predicted octanol–water partition coefficient (Wildman–Crippen LogP) is -3.76. The first-order valence-electron chi connectivity index (χ1n) is 2.28. The average Bonchev–Trinajstić information content (AvgIpc) is 1.93. The molecule has 0 bridgehead atoms. The fraction of sp³-hybridized carbons (Fsp3) is 0. The molecule has 0 aliphatic heterocycles. The summed E-state index contributed by atoms with van der Waals surface area (Å²) in [5, 5.41) is 16.8. The number of rotatable bonds is 0. The molecule has 0 saturated heterocycles. The molecule has 0 saturated carbocycles. The molecule has 1 heterocycles. The van der Waals surface area contributed by atoms with E-state index in [-0.39, 0.29) is 43.2 Å². The van der Waals surface area contributed by atoms with E-state index in [1.807, 2.05) is 0 Å². The molecule has 0 radical (unpaired) electrons. The number of hydrogen-bond donors (Lipinski definition) is 0. The minimum Gasteiger partial charge on any atom is -0.896 e. The van der Waals surface area contributed by atoms with Crippen molar-refractivity contribution >= 4 is 45.4 Å². The van der Waals surface area contributed by atoms with E-state index < -0.39 is 7.69 Å². The van der Waals surface area contributed by atoms with Gasteiger partial charge < -0.3 is 15.5 Å². The first-order valence-corrected chi connectivity index (χ1v) is 2.28. The molecular weight excluding hydrogens is 175 g/mol. The van der Waals surface area contributed by atoms with Crippen molar-refractivity contribution in [2.24, 2.45) is 0 Å². The van der Waals surface area contributed by atoms with Crippen LogP contribution in [0.4, 0.5) is 0 Å². The molecule has 56 valence electrons. The molecule has 5 nitrogen and oxygen atoms in total. The molecule has 0 aromatic carbocycles. The van der Waals surface area contributed by atoms with Crippen LogP contribution >= 0.6 is 0 Å². The van der Waals surface area contributed by atoms with Gasteiger partial charge in [-0.15, -0.1) is 7.69 Å². The van der Waals surface area contributed by atoms with Crippen LogP contribution in [0.3, 0.4) is 0 Å². The Morgan fingerprint density at radius 3 is 1.55 bits per heavy atom. The maximum atomic E-state index is 8.38. The number of aromatic nitrogens is 2. The zero-order valence-corrected chi connectivity index (χ0v) is 8.14. The summed E-state index contributed by atoms with van der Waals surface area (Å²) in [5.41, 5.74) is 0. The van der Waals surface area contributed by atoms with Crippen molar-refractivity contribution in [2.75, 3.05) is 0 Å². The van der Waals surface area contributed by atoms with Crippen LogP contribution in [0.25, 0.3) is 0 Å². The van der Waals surface area contributed by atoms with Crippen LogP contribution in [0.15, 0.2) is 24.8 Å². The Bertz CT molecular complexity index is 106. The molecule has 0 spiro atoms. The van der Waals surface area contributed by atoms with Gasteiger partial charge >= 0.3 is 37.7 Å². The molecule has 1 rings (SSSR count). The minimum absolute atomic E-state index is 0. The van der Waals surface area contributed by atoms with E-state index in [9.17, 15) is 0 Å². The smallest absolute Gasteiger partial charge is 0.896 e. The molecule has 0 unspecified atom stereocenters. The van der Waals surface area contributed by atoms with Gasteiger partial charge in [-0.2, -0.15) is 0 Å². The van der Waals surface area contributed by atoms with Gasteiger partial charge in [-0.05, 0) is 6.07 Å². The van der Waals surface area contributed by atoms with E-state index in [2.05, 4.69) is 9.97 Å². The first kappa shape index (κ1) is 17.4. The van der Waals surface area contributed by atoms with E-state index in [1.54, 1.807) is 18.5 Å². The summed E-state index contributed by atoms with van der Waals surface area (Å²) in [5.74, 6) is 0. The minimum atomic E-state index is -1.25. The van der Waals surface area contributed by atoms with Crippen molar-refractivity contribution in [2.45, 2.75) is 0 Å². The second kappa shape index (κ2) is 16.7. The molecule has 11 heavy (non-hydrogen) atoms. The number of nitrogens with zero attached hydrogens (tertiary/aromatic N) is 2. The van der Waals surface area contributed by atoms with Crippen molar-refractivity contribution in [3.63, 3.8) is 0 Å². The zero-order chi connectivity index (χ0) is 6.95. The van der Waals surface area contributed by atoms with Crippen LogP contribution in [0.1, 0.15) is 0 Å². The van der Waals surface area contributed by atoms with Gasteiger partial charge in [0.15, 0.2) is 0 Å². The van der Waals surface area contributed by atoms with Crippen molar-refractivity contribution in [3.05, 3.63) is 24.8 Å². The Balaban J connectivity index is -0.000000116. The summed E-state index contributed by atoms with van der Waals surface area (Å²) in [6.07, 6.45) is 4.88. The Morgan fingerprint density at radius 2 is 1.45 bits per heavy atom. The SMILES string of the molecule is O.[Ca+2].[O-]B[O-].c1cncnc1. The van der Waals surface area contributed by atoms with Crippen molar-refractivity contribution < 1.29 is 15.5 Å². The Morgan fingerprint density at radius 1 is 1.09 bits per heavy atom. The second-order valence-electron chi connectivity index (χ2n) is 1.02.